The van der Waals surface area contributed by atoms with E-state index >= 15 is 0 Å². The summed E-state index contributed by atoms with van der Waals surface area (Å²) in [4.78, 5) is 0. The molecule has 0 saturated carbocycles. The van der Waals surface area contributed by atoms with Crippen LogP contribution >= 0.6 is 0 Å². The van der Waals surface area contributed by atoms with Gasteiger partial charge in [-0.05, 0) is 13.3 Å². The summed E-state index contributed by atoms with van der Waals surface area (Å²) < 4.78 is 5.37. The van der Waals surface area contributed by atoms with Crippen LogP contribution in [-0.4, -0.2) is 19.3 Å². The van der Waals surface area contributed by atoms with Crippen LogP contribution in [0.1, 0.15) is 33.1 Å². The Hall–Kier alpha value is -0.0800. The lowest BCUT2D eigenvalue weighted by Gasteiger charge is -2.13. The molecule has 2 nitrogen and oxygen atoms in total. The van der Waals surface area contributed by atoms with E-state index < -0.39 is 0 Å². The van der Waals surface area contributed by atoms with Crippen LogP contribution in [0.25, 0.3) is 0 Å². The first-order valence-electron chi connectivity index (χ1n) is 4.16. The Labute approximate surface area is 63.7 Å². The zero-order valence-electron chi connectivity index (χ0n) is 7.10. The highest BCUT2D eigenvalue weighted by molar-refractivity contribution is 4.57. The minimum absolute atomic E-state index is 0.296. The van der Waals surface area contributed by atoms with Gasteiger partial charge in [0.25, 0.3) is 0 Å². The van der Waals surface area contributed by atoms with Gasteiger partial charge in [-0.1, -0.05) is 19.8 Å². The van der Waals surface area contributed by atoms with Crippen molar-refractivity contribution in [3.05, 3.63) is 0 Å². The van der Waals surface area contributed by atoms with Crippen LogP contribution in [0.15, 0.2) is 0 Å². The number of ether oxygens (including phenoxy) is 1. The maximum atomic E-state index is 5.47. The number of hydrogen-bond donors (Lipinski definition) is 1. The van der Waals surface area contributed by atoms with E-state index in [1.165, 1.54) is 12.8 Å². The van der Waals surface area contributed by atoms with Gasteiger partial charge in [0, 0.05) is 13.2 Å². The van der Waals surface area contributed by atoms with Crippen LogP contribution in [0.4, 0.5) is 0 Å². The normalized spacial score (nSPS) is 13.5. The highest BCUT2D eigenvalue weighted by Gasteiger charge is 2.03. The van der Waals surface area contributed by atoms with E-state index in [2.05, 4.69) is 6.92 Å². The second-order valence-electron chi connectivity index (χ2n) is 2.46. The molecule has 0 heterocycles. The molecule has 1 atom stereocenters. The predicted molar refractivity (Wildman–Crippen MR) is 44.0 cm³/mol. The van der Waals surface area contributed by atoms with Crippen molar-refractivity contribution in [2.24, 2.45) is 5.73 Å². The van der Waals surface area contributed by atoms with Crippen molar-refractivity contribution in [1.29, 1.82) is 0 Å². The van der Waals surface area contributed by atoms with Gasteiger partial charge in [-0.3, -0.25) is 0 Å². The monoisotopic (exact) mass is 145 g/mol. The molecule has 2 heteroatoms. The second-order valence-corrected chi connectivity index (χ2v) is 2.46. The van der Waals surface area contributed by atoms with Gasteiger partial charge in [-0.15, -0.1) is 0 Å². The van der Waals surface area contributed by atoms with E-state index in [0.717, 1.165) is 13.0 Å². The molecule has 0 aromatic carbocycles. The van der Waals surface area contributed by atoms with Gasteiger partial charge in [0.2, 0.25) is 0 Å². The molecule has 0 saturated heterocycles. The van der Waals surface area contributed by atoms with Crippen LogP contribution in [-0.2, 0) is 4.74 Å². The lowest BCUT2D eigenvalue weighted by atomic mass is 10.1. The van der Waals surface area contributed by atoms with Crippen molar-refractivity contribution in [3.63, 3.8) is 0 Å². The fraction of sp³-hybridized carbons (Fsp3) is 1.00. The van der Waals surface area contributed by atoms with Gasteiger partial charge in [-0.2, -0.15) is 0 Å². The average molecular weight is 145 g/mol. The number of unbranched alkanes of at least 4 members (excludes halogenated alkanes) is 1. The Morgan fingerprint density at radius 3 is 2.50 bits per heavy atom. The fourth-order valence-electron chi connectivity index (χ4n) is 0.937. The highest BCUT2D eigenvalue weighted by atomic mass is 16.5. The maximum Gasteiger partial charge on any atom is 0.0697 e. The molecule has 0 aliphatic carbocycles. The number of hydrogen-bond acceptors (Lipinski definition) is 2. The quantitative estimate of drug-likeness (QED) is 0.615. The van der Waals surface area contributed by atoms with Crippen LogP contribution in [0, 0.1) is 0 Å². The van der Waals surface area contributed by atoms with Crippen LogP contribution in [0.3, 0.4) is 0 Å². The summed E-state index contributed by atoms with van der Waals surface area (Å²) in [7, 11) is 0. The first-order valence-corrected chi connectivity index (χ1v) is 4.16. The number of nitrogens with two attached hydrogens (primary N) is 1. The Morgan fingerprint density at radius 2 is 2.10 bits per heavy atom. The molecule has 10 heavy (non-hydrogen) atoms. The summed E-state index contributed by atoms with van der Waals surface area (Å²) in [5, 5.41) is 0. The molecule has 0 aromatic rings. The molecule has 0 unspecified atom stereocenters. The maximum absolute atomic E-state index is 5.47. The van der Waals surface area contributed by atoms with Gasteiger partial charge in [0.15, 0.2) is 0 Å². The average Bonchev–Trinajstić information content (AvgIpc) is 1.98. The minimum Gasteiger partial charge on any atom is -0.377 e. The van der Waals surface area contributed by atoms with Crippen molar-refractivity contribution >= 4 is 0 Å². The van der Waals surface area contributed by atoms with Crippen LogP contribution in [0.2, 0.25) is 0 Å². The molecule has 0 aliphatic rings. The molecule has 0 fully saturated rings. The van der Waals surface area contributed by atoms with Gasteiger partial charge >= 0.3 is 0 Å². The van der Waals surface area contributed by atoms with Crippen molar-refractivity contribution < 1.29 is 4.74 Å². The van der Waals surface area contributed by atoms with Gasteiger partial charge in [-0.25, -0.2) is 0 Å². The van der Waals surface area contributed by atoms with Gasteiger partial charge < -0.3 is 10.5 Å². The first-order chi connectivity index (χ1) is 4.85. The first kappa shape index (κ1) is 9.92. The summed E-state index contributed by atoms with van der Waals surface area (Å²) in [6.45, 7) is 5.63. The molecule has 0 spiro atoms. The molecule has 0 aliphatic heterocycles. The molecule has 0 radical (unpaired) electrons. The summed E-state index contributed by atoms with van der Waals surface area (Å²) in [6.07, 6.45) is 3.86. The zero-order valence-corrected chi connectivity index (χ0v) is 7.10. The van der Waals surface area contributed by atoms with E-state index in [1.807, 2.05) is 6.92 Å². The van der Waals surface area contributed by atoms with Gasteiger partial charge in [0.05, 0.1) is 6.10 Å². The van der Waals surface area contributed by atoms with Crippen molar-refractivity contribution in [3.8, 4) is 0 Å². The third-order valence-corrected chi connectivity index (χ3v) is 1.54. The minimum atomic E-state index is 0.296. The van der Waals surface area contributed by atoms with Crippen molar-refractivity contribution in [2.75, 3.05) is 13.2 Å². The summed E-state index contributed by atoms with van der Waals surface area (Å²) in [5.74, 6) is 0. The van der Waals surface area contributed by atoms with E-state index in [1.54, 1.807) is 0 Å². The number of rotatable bonds is 6. The van der Waals surface area contributed by atoms with E-state index in [9.17, 15) is 0 Å². The molecule has 2 N–H and O–H groups in total. The second kappa shape index (κ2) is 7.03. The third-order valence-electron chi connectivity index (χ3n) is 1.54. The van der Waals surface area contributed by atoms with Crippen molar-refractivity contribution in [2.45, 2.75) is 39.2 Å². The Morgan fingerprint density at radius 1 is 1.40 bits per heavy atom. The van der Waals surface area contributed by atoms with E-state index in [4.69, 9.17) is 10.5 Å². The molecular formula is C8H19NO. The summed E-state index contributed by atoms with van der Waals surface area (Å²) in [6, 6.07) is 0. The Balaban J connectivity index is 3.21. The molecule has 0 bridgehead atoms. The lowest BCUT2D eigenvalue weighted by Crippen LogP contribution is -2.23. The topological polar surface area (TPSA) is 35.2 Å². The molecule has 62 valence electrons. The lowest BCUT2D eigenvalue weighted by molar-refractivity contribution is 0.0615. The summed E-state index contributed by atoms with van der Waals surface area (Å²) >= 11 is 0. The molecular weight excluding hydrogens is 126 g/mol. The third kappa shape index (κ3) is 4.77. The largest absolute Gasteiger partial charge is 0.377 e. The Kier molecular flexibility index (Phi) is 6.98. The molecule has 0 aromatic heterocycles. The zero-order chi connectivity index (χ0) is 7.82. The summed E-state index contributed by atoms with van der Waals surface area (Å²) in [5.41, 5.74) is 5.47. The van der Waals surface area contributed by atoms with Crippen molar-refractivity contribution in [1.82, 2.24) is 0 Å². The predicted octanol–water partition coefficient (Wildman–Crippen LogP) is 1.54. The standard InChI is InChI=1S/C8H19NO/c1-3-5-6-8(7-9)10-4-2/h8H,3-7,9H2,1-2H3/t8-/m1/s1. The van der Waals surface area contributed by atoms with Crippen LogP contribution < -0.4 is 5.73 Å². The fourth-order valence-corrected chi connectivity index (χ4v) is 0.937. The SMILES string of the molecule is CCCC[C@H](CN)OCC. The van der Waals surface area contributed by atoms with E-state index in [0.29, 0.717) is 12.6 Å². The molecule has 0 amide bonds. The molecule has 0 rings (SSSR count). The van der Waals surface area contributed by atoms with E-state index in [-0.39, 0.29) is 0 Å². The Bertz CT molecular complexity index is 66.3. The van der Waals surface area contributed by atoms with Gasteiger partial charge in [0.1, 0.15) is 0 Å². The smallest absolute Gasteiger partial charge is 0.0697 e. The van der Waals surface area contributed by atoms with Crippen LogP contribution in [0.5, 0.6) is 0 Å². The highest BCUT2D eigenvalue weighted by Crippen LogP contribution is 2.02.